The van der Waals surface area contributed by atoms with Gasteiger partial charge in [0.2, 0.25) is 5.91 Å². The first-order valence-corrected chi connectivity index (χ1v) is 6.96. The van der Waals surface area contributed by atoms with Crippen LogP contribution in [-0.2, 0) is 9.53 Å². The van der Waals surface area contributed by atoms with Crippen LogP contribution in [0.25, 0.3) is 0 Å². The normalized spacial score (nSPS) is 24.5. The maximum absolute atomic E-state index is 11.7. The third-order valence-electron chi connectivity index (χ3n) is 3.64. The van der Waals surface area contributed by atoms with E-state index in [1.54, 1.807) is 0 Å². The van der Waals surface area contributed by atoms with Crippen molar-refractivity contribution in [3.05, 3.63) is 0 Å². The van der Waals surface area contributed by atoms with Crippen molar-refractivity contribution in [2.45, 2.75) is 44.6 Å². The smallest absolute Gasteiger partial charge is 0.223 e. The van der Waals surface area contributed by atoms with Crippen LogP contribution in [-0.4, -0.2) is 49.7 Å². The van der Waals surface area contributed by atoms with Gasteiger partial charge in [0, 0.05) is 32.7 Å². The minimum absolute atomic E-state index is 0.312. The van der Waals surface area contributed by atoms with Crippen LogP contribution in [0.1, 0.15) is 38.5 Å². The molecule has 0 aromatic carbocycles. The van der Waals surface area contributed by atoms with Gasteiger partial charge < -0.3 is 15.0 Å². The molecule has 1 atom stereocenters. The quantitative estimate of drug-likeness (QED) is 0.708. The highest BCUT2D eigenvalue weighted by Gasteiger charge is 2.17. The van der Waals surface area contributed by atoms with Crippen molar-refractivity contribution in [3.63, 3.8) is 0 Å². The summed E-state index contributed by atoms with van der Waals surface area (Å²) < 4.78 is 5.55. The third kappa shape index (κ3) is 4.28. The molecular formula is C13H24N2O2. The molecule has 2 saturated heterocycles. The van der Waals surface area contributed by atoms with Gasteiger partial charge in [-0.15, -0.1) is 0 Å². The first kappa shape index (κ1) is 12.8. The van der Waals surface area contributed by atoms with E-state index in [0.717, 1.165) is 39.2 Å². The van der Waals surface area contributed by atoms with Crippen molar-refractivity contribution in [2.75, 3.05) is 32.8 Å². The van der Waals surface area contributed by atoms with E-state index in [2.05, 4.69) is 5.32 Å². The first-order valence-electron chi connectivity index (χ1n) is 6.96. The highest BCUT2D eigenvalue weighted by molar-refractivity contribution is 5.76. The summed E-state index contributed by atoms with van der Waals surface area (Å²) in [4.78, 5) is 13.7. The topological polar surface area (TPSA) is 41.6 Å². The number of ether oxygens (including phenoxy) is 1. The zero-order chi connectivity index (χ0) is 11.9. The molecule has 17 heavy (non-hydrogen) atoms. The van der Waals surface area contributed by atoms with E-state index >= 15 is 0 Å². The number of rotatable bonds is 6. The second kappa shape index (κ2) is 6.97. The summed E-state index contributed by atoms with van der Waals surface area (Å²) in [5.74, 6) is 0.312. The predicted molar refractivity (Wildman–Crippen MR) is 66.9 cm³/mol. The van der Waals surface area contributed by atoms with Gasteiger partial charge in [-0.3, -0.25) is 4.79 Å². The maximum Gasteiger partial charge on any atom is 0.223 e. The zero-order valence-corrected chi connectivity index (χ0v) is 10.6. The number of nitrogens with zero attached hydrogens (tertiary/aromatic N) is 1. The number of carbonyl (C=O) groups is 1. The first-order chi connectivity index (χ1) is 8.36. The van der Waals surface area contributed by atoms with Crippen LogP contribution in [0.2, 0.25) is 0 Å². The Bertz CT molecular complexity index is 234. The van der Waals surface area contributed by atoms with Crippen LogP contribution < -0.4 is 5.32 Å². The van der Waals surface area contributed by atoms with E-state index in [1.807, 2.05) is 4.90 Å². The molecule has 0 spiro atoms. The van der Waals surface area contributed by atoms with Crippen LogP contribution in [0, 0.1) is 0 Å². The lowest BCUT2D eigenvalue weighted by Crippen LogP contribution is -2.31. The summed E-state index contributed by atoms with van der Waals surface area (Å²) >= 11 is 0. The minimum Gasteiger partial charge on any atom is -0.378 e. The van der Waals surface area contributed by atoms with E-state index in [-0.39, 0.29) is 0 Å². The van der Waals surface area contributed by atoms with Crippen molar-refractivity contribution < 1.29 is 9.53 Å². The largest absolute Gasteiger partial charge is 0.378 e. The molecule has 1 unspecified atom stereocenters. The molecule has 0 radical (unpaired) electrons. The fourth-order valence-corrected chi connectivity index (χ4v) is 2.58. The molecule has 1 amide bonds. The van der Waals surface area contributed by atoms with Gasteiger partial charge in [0.05, 0.1) is 6.10 Å². The molecule has 1 N–H and O–H groups in total. The third-order valence-corrected chi connectivity index (χ3v) is 3.64. The van der Waals surface area contributed by atoms with E-state index in [0.29, 0.717) is 18.4 Å². The molecule has 4 nitrogen and oxygen atoms in total. The van der Waals surface area contributed by atoms with Gasteiger partial charge in [-0.1, -0.05) is 0 Å². The molecule has 0 aromatic rings. The summed E-state index contributed by atoms with van der Waals surface area (Å²) in [5.41, 5.74) is 0. The molecule has 2 aliphatic rings. The molecule has 2 aliphatic heterocycles. The number of nitrogens with one attached hydrogen (secondary N) is 1. The van der Waals surface area contributed by atoms with Crippen LogP contribution in [0.15, 0.2) is 0 Å². The summed E-state index contributed by atoms with van der Waals surface area (Å²) in [5, 5.41) is 3.34. The van der Waals surface area contributed by atoms with Crippen molar-refractivity contribution in [1.29, 1.82) is 0 Å². The molecular weight excluding hydrogens is 216 g/mol. The number of hydrogen-bond acceptors (Lipinski definition) is 3. The van der Waals surface area contributed by atoms with Gasteiger partial charge in [0.25, 0.3) is 0 Å². The Morgan fingerprint density at radius 2 is 2.06 bits per heavy atom. The lowest BCUT2D eigenvalue weighted by atomic mass is 10.2. The zero-order valence-electron chi connectivity index (χ0n) is 10.6. The molecule has 0 aromatic heterocycles. The van der Waals surface area contributed by atoms with Gasteiger partial charge in [0.1, 0.15) is 0 Å². The van der Waals surface area contributed by atoms with Crippen LogP contribution in [0.4, 0.5) is 0 Å². The number of hydrogen-bond donors (Lipinski definition) is 1. The van der Waals surface area contributed by atoms with Crippen LogP contribution in [0.3, 0.4) is 0 Å². The Morgan fingerprint density at radius 1 is 1.24 bits per heavy atom. The Kier molecular flexibility index (Phi) is 5.26. The molecule has 98 valence electrons. The van der Waals surface area contributed by atoms with Crippen LogP contribution >= 0.6 is 0 Å². The fourth-order valence-electron chi connectivity index (χ4n) is 2.58. The van der Waals surface area contributed by atoms with Gasteiger partial charge in [-0.25, -0.2) is 0 Å². The van der Waals surface area contributed by atoms with Crippen LogP contribution in [0.5, 0.6) is 0 Å². The maximum atomic E-state index is 11.7. The van der Waals surface area contributed by atoms with Gasteiger partial charge in [-0.05, 0) is 38.6 Å². The SMILES string of the molecule is O=C(CCNCCC1CCCO1)N1CCCC1. The Hall–Kier alpha value is -0.610. The standard InChI is InChI=1S/C13H24N2O2/c16-13(15-9-1-2-10-15)6-8-14-7-5-12-4-3-11-17-12/h12,14H,1-11H2. The molecule has 4 heteroatoms. The molecule has 0 aliphatic carbocycles. The van der Waals surface area contributed by atoms with E-state index in [9.17, 15) is 4.79 Å². The van der Waals surface area contributed by atoms with E-state index in [1.165, 1.54) is 25.7 Å². The van der Waals surface area contributed by atoms with Crippen molar-refractivity contribution in [3.8, 4) is 0 Å². The van der Waals surface area contributed by atoms with Crippen molar-refractivity contribution >= 4 is 5.91 Å². The monoisotopic (exact) mass is 240 g/mol. The summed E-state index contributed by atoms with van der Waals surface area (Å²) in [6.07, 6.45) is 6.95. The number of amides is 1. The molecule has 0 bridgehead atoms. The minimum atomic E-state index is 0.312. The Labute approximate surface area is 104 Å². The Balaban J connectivity index is 1.46. The lowest BCUT2D eigenvalue weighted by Gasteiger charge is -2.15. The second-order valence-electron chi connectivity index (χ2n) is 5.01. The summed E-state index contributed by atoms with van der Waals surface area (Å²) in [6.45, 7) is 4.64. The number of carbonyl (C=O) groups excluding carboxylic acids is 1. The average molecular weight is 240 g/mol. The molecule has 0 saturated carbocycles. The van der Waals surface area contributed by atoms with Gasteiger partial charge >= 0.3 is 0 Å². The van der Waals surface area contributed by atoms with Gasteiger partial charge in [-0.2, -0.15) is 0 Å². The van der Waals surface area contributed by atoms with Crippen molar-refractivity contribution in [1.82, 2.24) is 10.2 Å². The predicted octanol–water partition coefficient (Wildman–Crippen LogP) is 1.16. The summed E-state index contributed by atoms with van der Waals surface area (Å²) in [7, 11) is 0. The van der Waals surface area contributed by atoms with E-state index in [4.69, 9.17) is 4.74 Å². The highest BCUT2D eigenvalue weighted by atomic mass is 16.5. The van der Waals surface area contributed by atoms with E-state index < -0.39 is 0 Å². The van der Waals surface area contributed by atoms with Gasteiger partial charge in [0.15, 0.2) is 0 Å². The second-order valence-corrected chi connectivity index (χ2v) is 5.01. The molecule has 2 heterocycles. The Morgan fingerprint density at radius 3 is 2.76 bits per heavy atom. The summed E-state index contributed by atoms with van der Waals surface area (Å²) in [6, 6.07) is 0. The average Bonchev–Trinajstić information content (AvgIpc) is 3.01. The molecule has 2 fully saturated rings. The molecule has 2 rings (SSSR count). The van der Waals surface area contributed by atoms with Crippen molar-refractivity contribution in [2.24, 2.45) is 0 Å². The number of likely N-dealkylation sites (tertiary alicyclic amines) is 1. The fraction of sp³-hybridized carbons (Fsp3) is 0.923. The highest BCUT2D eigenvalue weighted by Crippen LogP contribution is 2.14. The lowest BCUT2D eigenvalue weighted by molar-refractivity contribution is -0.130.